The maximum atomic E-state index is 14.0. The lowest BCUT2D eigenvalue weighted by atomic mass is 9.93. The lowest BCUT2D eigenvalue weighted by Crippen LogP contribution is -2.52. The maximum absolute atomic E-state index is 14.0. The Morgan fingerprint density at radius 1 is 1.00 bits per heavy atom. The van der Waals surface area contributed by atoms with Gasteiger partial charge in [0.1, 0.15) is 6.04 Å². The third kappa shape index (κ3) is 5.16. The van der Waals surface area contributed by atoms with Crippen LogP contribution >= 0.6 is 0 Å². The van der Waals surface area contributed by atoms with Crippen molar-refractivity contribution in [3.63, 3.8) is 0 Å². The number of sulfonamides is 1. The maximum Gasteiger partial charge on any atom is 0.416 e. The molecular formula is C29H24F3N3O6S. The number of halogens is 3. The number of aromatic nitrogens is 1. The van der Waals surface area contributed by atoms with Crippen LogP contribution in [0.5, 0.6) is 0 Å². The predicted molar refractivity (Wildman–Crippen MR) is 147 cm³/mol. The molecule has 1 atom stereocenters. The number of fused-ring (bicyclic) bond motifs is 2. The topological polar surface area (TPSA) is 126 Å². The summed E-state index contributed by atoms with van der Waals surface area (Å²) in [6, 6.07) is 15.9. The second-order valence-electron chi connectivity index (χ2n) is 9.78. The molecule has 9 nitrogen and oxygen atoms in total. The number of carboxylic acids is 1. The van der Waals surface area contributed by atoms with Gasteiger partial charge in [-0.1, -0.05) is 54.6 Å². The van der Waals surface area contributed by atoms with Gasteiger partial charge in [0.2, 0.25) is 5.91 Å². The number of amides is 1. The zero-order valence-electron chi connectivity index (χ0n) is 22.1. The SMILES string of the molecule is CNC(=O)CN1CC(C(=O)O)n2c(c(-c3cccc(C(F)(F)F)c3)c(Cc3cccc4ccccc34)cc2=O)S1(=O)=O. The van der Waals surface area contributed by atoms with Crippen LogP contribution in [-0.2, 0) is 32.2 Å². The first-order valence-corrected chi connectivity index (χ1v) is 14.1. The summed E-state index contributed by atoms with van der Waals surface area (Å²) >= 11 is 0. The van der Waals surface area contributed by atoms with E-state index >= 15 is 0 Å². The summed E-state index contributed by atoms with van der Waals surface area (Å²) in [5.41, 5.74) is -1.70. The van der Waals surface area contributed by atoms with Crippen LogP contribution in [0.3, 0.4) is 0 Å². The molecular weight excluding hydrogens is 575 g/mol. The fraction of sp³-hybridized carbons (Fsp3) is 0.207. The van der Waals surface area contributed by atoms with E-state index in [0.717, 1.165) is 35.0 Å². The Morgan fingerprint density at radius 2 is 1.69 bits per heavy atom. The number of rotatable bonds is 6. The van der Waals surface area contributed by atoms with Crippen molar-refractivity contribution in [1.82, 2.24) is 14.2 Å². The molecule has 13 heteroatoms. The highest BCUT2D eigenvalue weighted by atomic mass is 32.2. The van der Waals surface area contributed by atoms with Gasteiger partial charge < -0.3 is 10.4 Å². The molecule has 0 radical (unpaired) electrons. The minimum Gasteiger partial charge on any atom is -0.480 e. The number of nitrogens with zero attached hydrogens (tertiary/aromatic N) is 2. The second kappa shape index (κ2) is 10.7. The van der Waals surface area contributed by atoms with Crippen LogP contribution in [0.2, 0.25) is 0 Å². The number of carbonyl (C=O) groups is 2. The summed E-state index contributed by atoms with van der Waals surface area (Å²) in [6.07, 6.45) is -4.83. The van der Waals surface area contributed by atoms with E-state index in [9.17, 15) is 41.1 Å². The average Bonchev–Trinajstić information content (AvgIpc) is 2.94. The first-order valence-electron chi connectivity index (χ1n) is 12.7. The second-order valence-corrected chi connectivity index (χ2v) is 11.6. The van der Waals surface area contributed by atoms with E-state index in [1.54, 1.807) is 18.2 Å². The Kier molecular flexibility index (Phi) is 7.41. The van der Waals surface area contributed by atoms with Gasteiger partial charge in [0, 0.05) is 25.2 Å². The standard InChI is InChI=1S/C29H24F3N3O6S/c1-33-24(36)16-34-15-23(28(38)39)35-25(37)14-20(12-18-8-4-7-17-6-2-3-11-22(17)18)26(27(35)42(34,40)41)19-9-5-10-21(13-19)29(30,31)32/h2-11,13-14,23H,12,15-16H2,1H3,(H,33,36)(H,38,39). The van der Waals surface area contributed by atoms with Crippen molar-refractivity contribution in [2.45, 2.75) is 23.7 Å². The molecule has 0 spiro atoms. The molecule has 2 N–H and O–H groups in total. The quantitative estimate of drug-likeness (QED) is 0.349. The van der Waals surface area contributed by atoms with E-state index in [0.29, 0.717) is 14.4 Å². The average molecular weight is 600 g/mol. The predicted octanol–water partition coefficient (Wildman–Crippen LogP) is 3.65. The number of nitrogens with one attached hydrogen (secondary N) is 1. The Morgan fingerprint density at radius 3 is 2.38 bits per heavy atom. The fourth-order valence-corrected chi connectivity index (χ4v) is 7.06. The van der Waals surface area contributed by atoms with Crippen LogP contribution in [0.1, 0.15) is 22.7 Å². The molecule has 0 fully saturated rings. The van der Waals surface area contributed by atoms with Crippen molar-refractivity contribution in [2.24, 2.45) is 0 Å². The number of alkyl halides is 3. The van der Waals surface area contributed by atoms with Crippen LogP contribution in [0.25, 0.3) is 21.9 Å². The van der Waals surface area contributed by atoms with Crippen molar-refractivity contribution < 1.29 is 36.3 Å². The van der Waals surface area contributed by atoms with Gasteiger partial charge in [0.05, 0.1) is 12.1 Å². The minimum absolute atomic E-state index is 0.0568. The molecule has 218 valence electrons. The Bertz CT molecular complexity index is 1900. The van der Waals surface area contributed by atoms with Gasteiger partial charge in [-0.25, -0.2) is 13.2 Å². The molecule has 1 unspecified atom stereocenters. The molecule has 0 aliphatic carbocycles. The molecule has 4 aromatic rings. The van der Waals surface area contributed by atoms with E-state index in [2.05, 4.69) is 5.32 Å². The first kappa shape index (κ1) is 29.0. The van der Waals surface area contributed by atoms with Crippen molar-refractivity contribution in [3.8, 4) is 11.1 Å². The van der Waals surface area contributed by atoms with Gasteiger partial charge in [-0.05, 0) is 46.0 Å². The summed E-state index contributed by atoms with van der Waals surface area (Å²) in [7, 11) is -3.50. The third-order valence-corrected chi connectivity index (χ3v) is 9.03. The van der Waals surface area contributed by atoms with Gasteiger partial charge in [-0.3, -0.25) is 14.2 Å². The molecule has 1 aliphatic heterocycles. The Labute approximate surface area is 237 Å². The van der Waals surface area contributed by atoms with Crippen LogP contribution < -0.4 is 10.9 Å². The lowest BCUT2D eigenvalue weighted by molar-refractivity contribution is -0.142. The van der Waals surface area contributed by atoms with Crippen LogP contribution in [0, 0.1) is 0 Å². The lowest BCUT2D eigenvalue weighted by Gasteiger charge is -2.34. The smallest absolute Gasteiger partial charge is 0.416 e. The zero-order valence-corrected chi connectivity index (χ0v) is 22.9. The van der Waals surface area contributed by atoms with Crippen LogP contribution in [0.4, 0.5) is 13.2 Å². The molecule has 0 bridgehead atoms. The molecule has 1 aromatic heterocycles. The zero-order chi connectivity index (χ0) is 30.4. The molecule has 42 heavy (non-hydrogen) atoms. The summed E-state index contributed by atoms with van der Waals surface area (Å²) < 4.78 is 70.6. The highest BCUT2D eigenvalue weighted by Gasteiger charge is 2.44. The fourth-order valence-electron chi connectivity index (χ4n) is 5.22. The number of pyridine rings is 1. The summed E-state index contributed by atoms with van der Waals surface area (Å²) in [4.78, 5) is 38.0. The van der Waals surface area contributed by atoms with E-state index in [4.69, 9.17) is 0 Å². The van der Waals surface area contributed by atoms with Gasteiger partial charge in [-0.15, -0.1) is 0 Å². The number of likely N-dealkylation sites (N-methyl/N-ethyl adjacent to an activating group) is 1. The molecule has 5 rings (SSSR count). The number of carboxylic acid groups (broad SMARTS) is 1. The molecule has 1 amide bonds. The Balaban J connectivity index is 1.87. The Hall–Kier alpha value is -4.49. The largest absolute Gasteiger partial charge is 0.480 e. The highest BCUT2D eigenvalue weighted by molar-refractivity contribution is 7.89. The number of aliphatic carboxylic acids is 1. The molecule has 0 saturated carbocycles. The normalized spacial score (nSPS) is 16.6. The van der Waals surface area contributed by atoms with Crippen molar-refractivity contribution in [2.75, 3.05) is 20.1 Å². The molecule has 2 heterocycles. The number of hydrogen-bond acceptors (Lipinski definition) is 5. The van der Waals surface area contributed by atoms with E-state index in [1.807, 2.05) is 24.3 Å². The van der Waals surface area contributed by atoms with E-state index < -0.39 is 63.4 Å². The number of carbonyl (C=O) groups excluding carboxylic acids is 1. The first-order chi connectivity index (χ1) is 19.8. The van der Waals surface area contributed by atoms with Crippen molar-refractivity contribution in [3.05, 3.63) is 99.8 Å². The highest BCUT2D eigenvalue weighted by Crippen LogP contribution is 2.40. The minimum atomic E-state index is -4.77. The summed E-state index contributed by atoms with van der Waals surface area (Å²) in [5.74, 6) is -2.29. The molecule has 3 aromatic carbocycles. The summed E-state index contributed by atoms with van der Waals surface area (Å²) in [5, 5.41) is 13.1. The van der Waals surface area contributed by atoms with Gasteiger partial charge in [0.15, 0.2) is 5.03 Å². The molecule has 1 aliphatic rings. The van der Waals surface area contributed by atoms with Crippen molar-refractivity contribution >= 4 is 32.7 Å². The number of benzene rings is 3. The van der Waals surface area contributed by atoms with E-state index in [1.165, 1.54) is 13.1 Å². The third-order valence-electron chi connectivity index (χ3n) is 7.18. The van der Waals surface area contributed by atoms with Gasteiger partial charge >= 0.3 is 12.1 Å². The molecule has 0 saturated heterocycles. The van der Waals surface area contributed by atoms with Crippen molar-refractivity contribution in [1.29, 1.82) is 0 Å². The monoisotopic (exact) mass is 599 g/mol. The van der Waals surface area contributed by atoms with Crippen LogP contribution in [-0.4, -0.2) is 54.4 Å². The van der Waals surface area contributed by atoms with Gasteiger partial charge in [0.25, 0.3) is 15.6 Å². The number of hydrogen-bond donors (Lipinski definition) is 2. The van der Waals surface area contributed by atoms with Gasteiger partial charge in [-0.2, -0.15) is 17.5 Å². The van der Waals surface area contributed by atoms with Crippen LogP contribution in [0.15, 0.2) is 82.6 Å². The summed E-state index contributed by atoms with van der Waals surface area (Å²) in [6.45, 7) is -1.49. The van der Waals surface area contributed by atoms with E-state index in [-0.39, 0.29) is 23.1 Å².